The van der Waals surface area contributed by atoms with Crippen molar-refractivity contribution >= 4 is 15.9 Å². The van der Waals surface area contributed by atoms with Crippen LogP contribution < -0.4 is 4.74 Å². The lowest BCUT2D eigenvalue weighted by Gasteiger charge is -2.08. The van der Waals surface area contributed by atoms with E-state index in [4.69, 9.17) is 4.74 Å². The van der Waals surface area contributed by atoms with Gasteiger partial charge < -0.3 is 4.74 Å². The Hall–Kier alpha value is -1.49. The third-order valence-electron chi connectivity index (χ3n) is 2.27. The minimum Gasteiger partial charge on any atom is -0.486 e. The van der Waals surface area contributed by atoms with Crippen molar-refractivity contribution in [1.29, 1.82) is 0 Å². The molecule has 5 heteroatoms. The maximum atomic E-state index is 13.3. The third kappa shape index (κ3) is 3.04. The third-order valence-corrected chi connectivity index (χ3v) is 2.88. The molecule has 0 aliphatic carbocycles. The Morgan fingerprint density at radius 3 is 2.39 bits per heavy atom. The fourth-order valence-electron chi connectivity index (χ4n) is 1.38. The van der Waals surface area contributed by atoms with Crippen molar-refractivity contribution in [3.8, 4) is 5.75 Å². The summed E-state index contributed by atoms with van der Waals surface area (Å²) in [4.78, 5) is 0. The molecule has 0 aliphatic heterocycles. The summed E-state index contributed by atoms with van der Waals surface area (Å²) in [6.45, 7) is 0.0270. The van der Waals surface area contributed by atoms with Gasteiger partial charge in [0.05, 0.1) is 4.47 Å². The van der Waals surface area contributed by atoms with Crippen LogP contribution in [0.1, 0.15) is 5.56 Å². The maximum Gasteiger partial charge on any atom is 0.165 e. The zero-order valence-electron chi connectivity index (χ0n) is 9.09. The zero-order chi connectivity index (χ0) is 13.1. The van der Waals surface area contributed by atoms with Crippen LogP contribution in [0.25, 0.3) is 0 Å². The van der Waals surface area contributed by atoms with Gasteiger partial charge in [0.25, 0.3) is 0 Å². The molecule has 0 fully saturated rings. The van der Waals surface area contributed by atoms with Crippen LogP contribution in [0, 0.1) is 17.5 Å². The molecule has 18 heavy (non-hydrogen) atoms. The summed E-state index contributed by atoms with van der Waals surface area (Å²) < 4.78 is 44.6. The molecule has 0 atom stereocenters. The van der Waals surface area contributed by atoms with Crippen molar-refractivity contribution in [2.45, 2.75) is 6.61 Å². The van der Waals surface area contributed by atoms with Crippen LogP contribution in [0.2, 0.25) is 0 Å². The minimum absolute atomic E-state index is 0.0270. The van der Waals surface area contributed by atoms with Crippen LogP contribution in [0.3, 0.4) is 0 Å². The number of hydrogen-bond acceptors (Lipinski definition) is 1. The topological polar surface area (TPSA) is 9.23 Å². The highest BCUT2D eigenvalue weighted by Gasteiger charge is 2.06. The maximum absolute atomic E-state index is 13.3. The molecule has 94 valence electrons. The molecule has 0 bridgehead atoms. The van der Waals surface area contributed by atoms with E-state index in [1.165, 1.54) is 18.2 Å². The Balaban J connectivity index is 2.11. The van der Waals surface area contributed by atoms with Crippen LogP contribution in [0.4, 0.5) is 13.2 Å². The summed E-state index contributed by atoms with van der Waals surface area (Å²) in [7, 11) is 0. The van der Waals surface area contributed by atoms with Crippen molar-refractivity contribution in [1.82, 2.24) is 0 Å². The zero-order valence-corrected chi connectivity index (χ0v) is 10.7. The van der Waals surface area contributed by atoms with Crippen LogP contribution in [-0.2, 0) is 6.61 Å². The fraction of sp³-hybridized carbons (Fsp3) is 0.0769. The van der Waals surface area contributed by atoms with E-state index in [1.807, 2.05) is 0 Å². The van der Waals surface area contributed by atoms with Crippen molar-refractivity contribution in [2.24, 2.45) is 0 Å². The normalized spacial score (nSPS) is 10.4. The van der Waals surface area contributed by atoms with Crippen LogP contribution in [0.15, 0.2) is 40.9 Å². The van der Waals surface area contributed by atoms with E-state index in [1.54, 1.807) is 0 Å². The smallest absolute Gasteiger partial charge is 0.165 e. The van der Waals surface area contributed by atoms with E-state index in [0.29, 0.717) is 10.0 Å². The van der Waals surface area contributed by atoms with Crippen molar-refractivity contribution in [2.75, 3.05) is 0 Å². The first-order chi connectivity index (χ1) is 8.56. The molecule has 2 aromatic carbocycles. The average molecular weight is 317 g/mol. The molecule has 0 saturated heterocycles. The van der Waals surface area contributed by atoms with Crippen molar-refractivity contribution in [3.05, 3.63) is 63.9 Å². The van der Waals surface area contributed by atoms with Gasteiger partial charge in [-0.3, -0.25) is 0 Å². The summed E-state index contributed by atoms with van der Waals surface area (Å²) in [5.74, 6) is -1.78. The summed E-state index contributed by atoms with van der Waals surface area (Å²) in [5.41, 5.74) is 0.645. The van der Waals surface area contributed by atoms with Gasteiger partial charge in [-0.1, -0.05) is 6.07 Å². The monoisotopic (exact) mass is 316 g/mol. The van der Waals surface area contributed by atoms with Gasteiger partial charge in [-0.25, -0.2) is 13.2 Å². The van der Waals surface area contributed by atoms with Crippen LogP contribution in [0.5, 0.6) is 5.75 Å². The molecule has 0 saturated carbocycles. The standard InChI is InChI=1S/C13H8BrF3O/c14-10-5-8(1-3-11(10)16)7-18-13-6-9(15)2-4-12(13)17/h1-6H,7H2. The van der Waals surface area contributed by atoms with Gasteiger partial charge in [-0.15, -0.1) is 0 Å². The van der Waals surface area contributed by atoms with E-state index < -0.39 is 17.5 Å². The predicted molar refractivity (Wildman–Crippen MR) is 64.8 cm³/mol. The average Bonchev–Trinajstić information content (AvgIpc) is 2.34. The van der Waals surface area contributed by atoms with E-state index in [0.717, 1.165) is 18.2 Å². The highest BCUT2D eigenvalue weighted by atomic mass is 79.9. The summed E-state index contributed by atoms with van der Waals surface area (Å²) in [5, 5.41) is 0. The molecule has 2 rings (SSSR count). The molecular formula is C13H8BrF3O. The van der Waals surface area contributed by atoms with Gasteiger partial charge in [0, 0.05) is 6.07 Å². The lowest BCUT2D eigenvalue weighted by molar-refractivity contribution is 0.288. The van der Waals surface area contributed by atoms with Gasteiger partial charge in [-0.2, -0.15) is 0 Å². The van der Waals surface area contributed by atoms with E-state index in [-0.39, 0.29) is 12.4 Å². The summed E-state index contributed by atoms with van der Waals surface area (Å²) in [6, 6.07) is 7.27. The lowest BCUT2D eigenvalue weighted by atomic mass is 10.2. The summed E-state index contributed by atoms with van der Waals surface area (Å²) in [6.07, 6.45) is 0. The first-order valence-corrected chi connectivity index (χ1v) is 5.87. The quantitative estimate of drug-likeness (QED) is 0.813. The number of rotatable bonds is 3. The molecule has 0 amide bonds. The van der Waals surface area contributed by atoms with E-state index in [2.05, 4.69) is 15.9 Å². The first-order valence-electron chi connectivity index (χ1n) is 5.08. The molecule has 2 aromatic rings. The Labute approximate surface area is 110 Å². The van der Waals surface area contributed by atoms with Crippen LogP contribution in [-0.4, -0.2) is 0 Å². The number of hydrogen-bond donors (Lipinski definition) is 0. The van der Waals surface area contributed by atoms with Gasteiger partial charge in [-0.05, 0) is 45.8 Å². The Kier molecular flexibility index (Phi) is 3.91. The highest BCUT2D eigenvalue weighted by molar-refractivity contribution is 9.10. The molecule has 0 unspecified atom stereocenters. The van der Waals surface area contributed by atoms with Crippen molar-refractivity contribution in [3.63, 3.8) is 0 Å². The Bertz CT molecular complexity index is 572. The molecule has 1 nitrogen and oxygen atoms in total. The SMILES string of the molecule is Fc1ccc(F)c(OCc2ccc(F)c(Br)c2)c1. The van der Waals surface area contributed by atoms with Gasteiger partial charge >= 0.3 is 0 Å². The number of benzene rings is 2. The molecule has 0 aromatic heterocycles. The van der Waals surface area contributed by atoms with Gasteiger partial charge in [0.15, 0.2) is 11.6 Å². The lowest BCUT2D eigenvalue weighted by Crippen LogP contribution is -1.98. The Morgan fingerprint density at radius 1 is 0.944 bits per heavy atom. The second-order valence-corrected chi connectivity index (χ2v) is 4.47. The largest absolute Gasteiger partial charge is 0.486 e. The second kappa shape index (κ2) is 5.44. The molecule has 0 radical (unpaired) electrons. The van der Waals surface area contributed by atoms with Gasteiger partial charge in [0.2, 0.25) is 0 Å². The molecule has 0 aliphatic rings. The van der Waals surface area contributed by atoms with E-state index in [9.17, 15) is 13.2 Å². The minimum atomic E-state index is -0.641. The predicted octanol–water partition coefficient (Wildman–Crippen LogP) is 4.45. The fourth-order valence-corrected chi connectivity index (χ4v) is 1.80. The molecule has 0 spiro atoms. The highest BCUT2D eigenvalue weighted by Crippen LogP contribution is 2.21. The first kappa shape index (κ1) is 13.0. The Morgan fingerprint density at radius 2 is 1.67 bits per heavy atom. The number of halogens is 4. The summed E-state index contributed by atoms with van der Waals surface area (Å²) >= 11 is 3.03. The molecule has 0 N–H and O–H groups in total. The molecular weight excluding hydrogens is 309 g/mol. The van der Waals surface area contributed by atoms with Gasteiger partial charge in [0.1, 0.15) is 18.2 Å². The second-order valence-electron chi connectivity index (χ2n) is 3.61. The van der Waals surface area contributed by atoms with E-state index >= 15 is 0 Å². The number of ether oxygens (including phenoxy) is 1. The molecule has 0 heterocycles. The van der Waals surface area contributed by atoms with Crippen molar-refractivity contribution < 1.29 is 17.9 Å². The van der Waals surface area contributed by atoms with Crippen LogP contribution >= 0.6 is 15.9 Å².